The molecule has 0 fully saturated rings. The summed E-state index contributed by atoms with van der Waals surface area (Å²) in [5, 5.41) is 3.54. The normalized spacial score (nSPS) is 9.79. The molecule has 0 radical (unpaired) electrons. The van der Waals surface area contributed by atoms with Gasteiger partial charge in [0.05, 0.1) is 5.02 Å². The molecule has 0 saturated heterocycles. The molecule has 0 atom stereocenters. The zero-order chi connectivity index (χ0) is 9.80. The van der Waals surface area contributed by atoms with E-state index in [0.29, 0.717) is 16.8 Å². The second-order valence-electron chi connectivity index (χ2n) is 2.56. The standard InChI is InChI=1S/C9H7ClN4/c10-7-2-3-8(13-6-7)14-9-11-4-1-5-12-9/h1-6H,(H,11,12,13,14). The molecule has 2 heterocycles. The first kappa shape index (κ1) is 8.90. The zero-order valence-electron chi connectivity index (χ0n) is 7.18. The molecule has 2 aromatic heterocycles. The largest absolute Gasteiger partial charge is 0.309 e. The molecule has 4 nitrogen and oxygen atoms in total. The fourth-order valence-electron chi connectivity index (χ4n) is 0.928. The smallest absolute Gasteiger partial charge is 0.228 e. The average molecular weight is 207 g/mol. The number of hydrogen-bond donors (Lipinski definition) is 1. The van der Waals surface area contributed by atoms with Gasteiger partial charge in [-0.05, 0) is 18.2 Å². The molecule has 0 aliphatic heterocycles. The van der Waals surface area contributed by atoms with Crippen LogP contribution in [0, 0.1) is 0 Å². The van der Waals surface area contributed by atoms with Crippen LogP contribution in [-0.2, 0) is 0 Å². The Kier molecular flexibility index (Phi) is 2.55. The highest BCUT2D eigenvalue weighted by atomic mass is 35.5. The van der Waals surface area contributed by atoms with Crippen LogP contribution in [0.4, 0.5) is 11.8 Å². The molecule has 0 spiro atoms. The summed E-state index contributed by atoms with van der Waals surface area (Å²) in [6.07, 6.45) is 4.88. The van der Waals surface area contributed by atoms with Gasteiger partial charge in [-0.15, -0.1) is 0 Å². The number of rotatable bonds is 2. The van der Waals surface area contributed by atoms with Crippen molar-refractivity contribution in [2.45, 2.75) is 0 Å². The molecule has 5 heteroatoms. The van der Waals surface area contributed by atoms with Gasteiger partial charge in [-0.2, -0.15) is 0 Å². The van der Waals surface area contributed by atoms with Gasteiger partial charge >= 0.3 is 0 Å². The molecule has 0 aromatic carbocycles. The summed E-state index contributed by atoms with van der Waals surface area (Å²) in [6, 6.07) is 5.26. The average Bonchev–Trinajstić information content (AvgIpc) is 2.23. The minimum absolute atomic E-state index is 0.516. The van der Waals surface area contributed by atoms with Gasteiger partial charge in [0.15, 0.2) is 0 Å². The third-order valence-electron chi connectivity index (χ3n) is 1.53. The molecule has 0 bridgehead atoms. The molecule has 0 amide bonds. The molecule has 1 N–H and O–H groups in total. The SMILES string of the molecule is Clc1ccc(Nc2ncccn2)nc1. The summed E-state index contributed by atoms with van der Waals surface area (Å²) >= 11 is 5.69. The predicted octanol–water partition coefficient (Wildman–Crippen LogP) is 2.27. The molecule has 2 aromatic rings. The number of nitrogens with zero attached hydrogens (tertiary/aromatic N) is 3. The molecular formula is C9H7ClN4. The summed E-state index contributed by atoms with van der Waals surface area (Å²) in [6.45, 7) is 0. The van der Waals surface area contributed by atoms with Crippen molar-refractivity contribution in [1.29, 1.82) is 0 Å². The van der Waals surface area contributed by atoms with E-state index in [1.807, 2.05) is 0 Å². The molecule has 14 heavy (non-hydrogen) atoms. The molecule has 2 rings (SSSR count). The summed E-state index contributed by atoms with van der Waals surface area (Å²) < 4.78 is 0. The van der Waals surface area contributed by atoms with Crippen molar-refractivity contribution >= 4 is 23.4 Å². The lowest BCUT2D eigenvalue weighted by Crippen LogP contribution is -1.97. The fraction of sp³-hybridized carbons (Fsp3) is 0. The third-order valence-corrected chi connectivity index (χ3v) is 1.76. The van der Waals surface area contributed by atoms with Crippen LogP contribution in [0.3, 0.4) is 0 Å². The zero-order valence-corrected chi connectivity index (χ0v) is 7.94. The van der Waals surface area contributed by atoms with Crippen LogP contribution in [0.5, 0.6) is 0 Å². The van der Waals surface area contributed by atoms with Crippen LogP contribution in [0.25, 0.3) is 0 Å². The van der Waals surface area contributed by atoms with E-state index in [1.165, 1.54) is 0 Å². The molecule has 0 aliphatic carbocycles. The van der Waals surface area contributed by atoms with E-state index in [1.54, 1.807) is 36.8 Å². The quantitative estimate of drug-likeness (QED) is 0.819. The molecular weight excluding hydrogens is 200 g/mol. The number of pyridine rings is 1. The van der Waals surface area contributed by atoms with Crippen molar-refractivity contribution in [3.63, 3.8) is 0 Å². The maximum Gasteiger partial charge on any atom is 0.228 e. The highest BCUT2D eigenvalue weighted by Crippen LogP contribution is 2.12. The highest BCUT2D eigenvalue weighted by Gasteiger charge is 1.96. The van der Waals surface area contributed by atoms with Gasteiger partial charge in [0.1, 0.15) is 5.82 Å². The van der Waals surface area contributed by atoms with Crippen molar-refractivity contribution < 1.29 is 0 Å². The second kappa shape index (κ2) is 4.02. The van der Waals surface area contributed by atoms with Crippen molar-refractivity contribution in [2.24, 2.45) is 0 Å². The Morgan fingerprint density at radius 1 is 1.07 bits per heavy atom. The fourth-order valence-corrected chi connectivity index (χ4v) is 1.04. The monoisotopic (exact) mass is 206 g/mol. The Morgan fingerprint density at radius 3 is 2.50 bits per heavy atom. The van der Waals surface area contributed by atoms with Crippen molar-refractivity contribution in [3.05, 3.63) is 41.8 Å². The van der Waals surface area contributed by atoms with Crippen LogP contribution < -0.4 is 5.32 Å². The minimum atomic E-state index is 0.516. The van der Waals surface area contributed by atoms with Gasteiger partial charge in [0.25, 0.3) is 0 Å². The van der Waals surface area contributed by atoms with Crippen LogP contribution >= 0.6 is 11.6 Å². The van der Waals surface area contributed by atoms with E-state index in [-0.39, 0.29) is 0 Å². The Hall–Kier alpha value is -1.68. The van der Waals surface area contributed by atoms with E-state index in [4.69, 9.17) is 11.6 Å². The van der Waals surface area contributed by atoms with Crippen LogP contribution in [0.1, 0.15) is 0 Å². The number of halogens is 1. The van der Waals surface area contributed by atoms with E-state index in [2.05, 4.69) is 20.3 Å². The lowest BCUT2D eigenvalue weighted by Gasteiger charge is -2.01. The lowest BCUT2D eigenvalue weighted by atomic mass is 10.4. The summed E-state index contributed by atoms with van der Waals surface area (Å²) in [4.78, 5) is 12.1. The first-order chi connectivity index (χ1) is 6.84. The van der Waals surface area contributed by atoms with Gasteiger partial charge in [-0.25, -0.2) is 15.0 Å². The Balaban J connectivity index is 2.16. The summed E-state index contributed by atoms with van der Waals surface area (Å²) in [5.41, 5.74) is 0. The summed E-state index contributed by atoms with van der Waals surface area (Å²) in [5.74, 6) is 1.18. The van der Waals surface area contributed by atoms with Gasteiger partial charge in [0, 0.05) is 18.6 Å². The van der Waals surface area contributed by atoms with Gasteiger partial charge in [-0.3, -0.25) is 0 Å². The van der Waals surface area contributed by atoms with Gasteiger partial charge in [-0.1, -0.05) is 11.6 Å². The van der Waals surface area contributed by atoms with Crippen molar-refractivity contribution in [3.8, 4) is 0 Å². The van der Waals surface area contributed by atoms with Crippen LogP contribution in [0.15, 0.2) is 36.8 Å². The number of nitrogens with one attached hydrogen (secondary N) is 1. The highest BCUT2D eigenvalue weighted by molar-refractivity contribution is 6.30. The van der Waals surface area contributed by atoms with Crippen LogP contribution in [0.2, 0.25) is 5.02 Å². The molecule has 0 saturated carbocycles. The Morgan fingerprint density at radius 2 is 1.86 bits per heavy atom. The molecule has 70 valence electrons. The number of aromatic nitrogens is 3. The topological polar surface area (TPSA) is 50.7 Å². The summed E-state index contributed by atoms with van der Waals surface area (Å²) in [7, 11) is 0. The maximum absolute atomic E-state index is 5.69. The molecule has 0 unspecified atom stereocenters. The van der Waals surface area contributed by atoms with Crippen LogP contribution in [-0.4, -0.2) is 15.0 Å². The number of hydrogen-bond acceptors (Lipinski definition) is 4. The Bertz CT molecular complexity index is 401. The van der Waals surface area contributed by atoms with E-state index in [9.17, 15) is 0 Å². The number of anilines is 2. The van der Waals surface area contributed by atoms with Crippen molar-refractivity contribution in [1.82, 2.24) is 15.0 Å². The first-order valence-electron chi connectivity index (χ1n) is 4.00. The minimum Gasteiger partial charge on any atom is -0.309 e. The Labute approximate surface area is 86.0 Å². The van der Waals surface area contributed by atoms with E-state index < -0.39 is 0 Å². The predicted molar refractivity (Wildman–Crippen MR) is 54.6 cm³/mol. The lowest BCUT2D eigenvalue weighted by molar-refractivity contribution is 1.15. The van der Waals surface area contributed by atoms with Gasteiger partial charge in [0.2, 0.25) is 5.95 Å². The third kappa shape index (κ3) is 2.17. The van der Waals surface area contributed by atoms with Crippen molar-refractivity contribution in [2.75, 3.05) is 5.32 Å². The maximum atomic E-state index is 5.69. The first-order valence-corrected chi connectivity index (χ1v) is 4.38. The van der Waals surface area contributed by atoms with Gasteiger partial charge < -0.3 is 5.32 Å². The van der Waals surface area contributed by atoms with E-state index >= 15 is 0 Å². The second-order valence-corrected chi connectivity index (χ2v) is 3.00. The van der Waals surface area contributed by atoms with E-state index in [0.717, 1.165) is 0 Å². The molecule has 0 aliphatic rings.